The third-order valence-electron chi connectivity index (χ3n) is 4.57. The Hall–Kier alpha value is -1.14. The lowest BCUT2D eigenvalue weighted by atomic mass is 9.88. The predicted molar refractivity (Wildman–Crippen MR) is 122 cm³/mol. The first kappa shape index (κ1) is 16.3. The number of hydrogen-bond donors (Lipinski definition) is 0. The first-order valence-corrected chi connectivity index (χ1v) is 11.0. The second-order valence-electron chi connectivity index (χ2n) is 5.91. The van der Waals surface area contributed by atoms with Gasteiger partial charge in [-0.05, 0) is 43.8 Å². The highest BCUT2D eigenvalue weighted by atomic mass is 127. The normalized spacial score (nSPS) is 11.2. The fourth-order valence-electron chi connectivity index (χ4n) is 3.45. The van der Waals surface area contributed by atoms with Crippen molar-refractivity contribution in [2.75, 3.05) is 0 Å². The number of alkyl halides is 2. The molecule has 0 aliphatic heterocycles. The van der Waals surface area contributed by atoms with E-state index >= 15 is 0 Å². The van der Waals surface area contributed by atoms with Crippen molar-refractivity contribution in [2.45, 2.75) is 8.86 Å². The zero-order valence-corrected chi connectivity index (χ0v) is 17.4. The summed E-state index contributed by atoms with van der Waals surface area (Å²) in [6, 6.07) is 26.6. The highest BCUT2D eigenvalue weighted by Crippen LogP contribution is 2.40. The molecule has 0 N–H and O–H groups in total. The van der Waals surface area contributed by atoms with E-state index in [1.807, 2.05) is 0 Å². The van der Waals surface area contributed by atoms with Crippen molar-refractivity contribution in [3.8, 4) is 11.1 Å². The summed E-state index contributed by atoms with van der Waals surface area (Å²) in [5.74, 6) is 0. The third-order valence-corrected chi connectivity index (χ3v) is 6.21. The minimum atomic E-state index is 1.02. The largest absolute Gasteiger partial charge is 0.0812 e. The van der Waals surface area contributed by atoms with E-state index in [2.05, 4.69) is 118 Å². The minimum Gasteiger partial charge on any atom is -0.0812 e. The van der Waals surface area contributed by atoms with Gasteiger partial charge in [0.05, 0.1) is 0 Å². The third kappa shape index (κ3) is 2.73. The quantitative estimate of drug-likeness (QED) is 0.188. The molecule has 0 spiro atoms. The number of halogens is 2. The molecule has 0 aromatic heterocycles. The first-order valence-electron chi connectivity index (χ1n) is 7.97. The van der Waals surface area contributed by atoms with Crippen LogP contribution >= 0.6 is 45.2 Å². The van der Waals surface area contributed by atoms with Crippen LogP contribution in [0.2, 0.25) is 0 Å². The van der Waals surface area contributed by atoms with Gasteiger partial charge in [-0.15, -0.1) is 0 Å². The Bertz CT molecular complexity index is 949. The zero-order chi connectivity index (χ0) is 16.5. The van der Waals surface area contributed by atoms with Crippen LogP contribution in [0.5, 0.6) is 0 Å². The molecule has 0 unspecified atom stereocenters. The molecule has 0 amide bonds. The van der Waals surface area contributed by atoms with Crippen molar-refractivity contribution in [2.24, 2.45) is 0 Å². The van der Waals surface area contributed by atoms with Gasteiger partial charge in [0, 0.05) is 8.86 Å². The summed E-state index contributed by atoms with van der Waals surface area (Å²) in [6.07, 6.45) is 0. The number of hydrogen-bond acceptors (Lipinski definition) is 0. The Morgan fingerprint density at radius 2 is 0.917 bits per heavy atom. The summed E-state index contributed by atoms with van der Waals surface area (Å²) in [5.41, 5.74) is 5.64. The molecule has 0 bridgehead atoms. The van der Waals surface area contributed by atoms with Gasteiger partial charge >= 0.3 is 0 Å². The molecule has 0 aliphatic carbocycles. The van der Waals surface area contributed by atoms with Gasteiger partial charge in [-0.3, -0.25) is 0 Å². The first-order chi connectivity index (χ1) is 11.8. The van der Waals surface area contributed by atoms with E-state index < -0.39 is 0 Å². The maximum Gasteiger partial charge on any atom is 0.0253 e. The van der Waals surface area contributed by atoms with E-state index in [-0.39, 0.29) is 0 Å². The molecule has 0 heterocycles. The molecule has 0 nitrogen and oxygen atoms in total. The zero-order valence-electron chi connectivity index (χ0n) is 13.1. The Morgan fingerprint density at radius 3 is 1.33 bits per heavy atom. The van der Waals surface area contributed by atoms with E-state index in [0.717, 1.165) is 8.86 Å². The lowest BCUT2D eigenvalue weighted by Crippen LogP contribution is -1.94. The van der Waals surface area contributed by atoms with Crippen LogP contribution in [0.1, 0.15) is 11.1 Å². The van der Waals surface area contributed by atoms with Crippen LogP contribution in [0.3, 0.4) is 0 Å². The average molecular weight is 534 g/mol. The lowest BCUT2D eigenvalue weighted by molar-refractivity contribution is 1.43. The second kappa shape index (κ2) is 7.00. The van der Waals surface area contributed by atoms with Crippen molar-refractivity contribution in [3.63, 3.8) is 0 Å². The maximum atomic E-state index is 2.48. The summed E-state index contributed by atoms with van der Waals surface area (Å²) in [6.45, 7) is 0. The molecule has 0 saturated carbocycles. The number of fused-ring (bicyclic) bond motifs is 2. The standard InChI is InChI=1S/C22H16I2/c23-13-17-11-9-15-5-1-3-7-19(15)21(17)22-18(14-24)12-10-16-6-2-4-8-20(16)22/h1-12H,13-14H2. The molecular formula is C22H16I2. The van der Waals surface area contributed by atoms with Gasteiger partial charge in [0.2, 0.25) is 0 Å². The van der Waals surface area contributed by atoms with Gasteiger partial charge in [-0.1, -0.05) is 118 Å². The van der Waals surface area contributed by atoms with E-state index in [0.29, 0.717) is 0 Å². The summed E-state index contributed by atoms with van der Waals surface area (Å²) < 4.78 is 2.03. The minimum absolute atomic E-state index is 1.02. The SMILES string of the molecule is ICc1ccc2ccccc2c1-c1c(CI)ccc2ccccc12. The second-order valence-corrected chi connectivity index (χ2v) is 7.43. The average Bonchev–Trinajstić information content (AvgIpc) is 2.66. The Morgan fingerprint density at radius 1 is 0.500 bits per heavy atom. The smallest absolute Gasteiger partial charge is 0.0253 e. The van der Waals surface area contributed by atoms with E-state index in [1.54, 1.807) is 0 Å². The molecule has 4 rings (SSSR count). The van der Waals surface area contributed by atoms with Crippen LogP contribution in [0.4, 0.5) is 0 Å². The molecular weight excluding hydrogens is 518 g/mol. The monoisotopic (exact) mass is 534 g/mol. The fourth-order valence-corrected chi connectivity index (χ4v) is 4.72. The van der Waals surface area contributed by atoms with Crippen LogP contribution in [0.15, 0.2) is 72.8 Å². The molecule has 118 valence electrons. The molecule has 0 aliphatic rings. The summed E-state index contributed by atoms with van der Waals surface area (Å²) >= 11 is 4.97. The highest BCUT2D eigenvalue weighted by molar-refractivity contribution is 14.1. The molecule has 0 fully saturated rings. The molecule has 0 saturated heterocycles. The van der Waals surface area contributed by atoms with Crippen molar-refractivity contribution in [1.29, 1.82) is 0 Å². The van der Waals surface area contributed by atoms with Crippen molar-refractivity contribution in [3.05, 3.63) is 83.9 Å². The molecule has 0 atom stereocenters. The number of rotatable bonds is 3. The summed E-state index contributed by atoms with van der Waals surface area (Å²) in [4.78, 5) is 0. The molecule has 4 aromatic rings. The summed E-state index contributed by atoms with van der Waals surface area (Å²) in [7, 11) is 0. The molecule has 0 radical (unpaired) electrons. The van der Waals surface area contributed by atoms with Crippen LogP contribution in [0, 0.1) is 0 Å². The molecule has 24 heavy (non-hydrogen) atoms. The number of benzene rings is 4. The van der Waals surface area contributed by atoms with Gasteiger partial charge in [-0.2, -0.15) is 0 Å². The Kier molecular flexibility index (Phi) is 4.77. The lowest BCUT2D eigenvalue weighted by Gasteiger charge is -2.17. The molecule has 2 heteroatoms. The predicted octanol–water partition coefficient (Wildman–Crippen LogP) is 7.53. The van der Waals surface area contributed by atoms with Crippen LogP contribution in [-0.2, 0) is 8.86 Å². The highest BCUT2D eigenvalue weighted by Gasteiger charge is 2.15. The van der Waals surface area contributed by atoms with Gasteiger partial charge < -0.3 is 0 Å². The van der Waals surface area contributed by atoms with Gasteiger partial charge in [0.15, 0.2) is 0 Å². The van der Waals surface area contributed by atoms with E-state index in [1.165, 1.54) is 43.8 Å². The Labute approximate surface area is 169 Å². The van der Waals surface area contributed by atoms with Crippen LogP contribution in [-0.4, -0.2) is 0 Å². The van der Waals surface area contributed by atoms with Crippen LogP contribution in [0.25, 0.3) is 32.7 Å². The maximum absolute atomic E-state index is 2.48. The fraction of sp³-hybridized carbons (Fsp3) is 0.0909. The summed E-state index contributed by atoms with van der Waals surface area (Å²) in [5, 5.41) is 5.34. The van der Waals surface area contributed by atoms with Gasteiger partial charge in [0.25, 0.3) is 0 Å². The van der Waals surface area contributed by atoms with Gasteiger partial charge in [0.1, 0.15) is 0 Å². The van der Waals surface area contributed by atoms with Crippen LogP contribution < -0.4 is 0 Å². The topological polar surface area (TPSA) is 0 Å². The van der Waals surface area contributed by atoms with E-state index in [4.69, 9.17) is 0 Å². The van der Waals surface area contributed by atoms with Gasteiger partial charge in [-0.25, -0.2) is 0 Å². The van der Waals surface area contributed by atoms with E-state index in [9.17, 15) is 0 Å². The Balaban J connectivity index is 2.21. The molecule has 4 aromatic carbocycles. The van der Waals surface area contributed by atoms with Crippen molar-refractivity contribution >= 4 is 66.7 Å². The van der Waals surface area contributed by atoms with Crippen molar-refractivity contribution in [1.82, 2.24) is 0 Å². The van der Waals surface area contributed by atoms with Crippen molar-refractivity contribution < 1.29 is 0 Å².